The summed E-state index contributed by atoms with van der Waals surface area (Å²) in [7, 11) is -5.66. The molecule has 0 amide bonds. The van der Waals surface area contributed by atoms with Crippen molar-refractivity contribution in [1.29, 1.82) is 0 Å². The summed E-state index contributed by atoms with van der Waals surface area (Å²) in [6.07, 6.45) is 15.4. The van der Waals surface area contributed by atoms with Gasteiger partial charge in [0.25, 0.3) is 0 Å². The number of benzene rings is 2. The van der Waals surface area contributed by atoms with E-state index in [0.717, 1.165) is 17.0 Å². The fourth-order valence-electron chi connectivity index (χ4n) is 5.16. The lowest BCUT2D eigenvalue weighted by atomic mass is 9.99. The van der Waals surface area contributed by atoms with Crippen LogP contribution in [-0.2, 0) is 0 Å². The minimum Gasteiger partial charge on any atom is -0.418 e. The monoisotopic (exact) mass is 481 g/mol. The first-order chi connectivity index (χ1) is 15.8. The molecule has 2 aromatic carbocycles. The Balaban J connectivity index is 0.000000200. The van der Waals surface area contributed by atoms with Crippen molar-refractivity contribution in [2.75, 3.05) is 0 Å². The van der Waals surface area contributed by atoms with Crippen LogP contribution in [0.25, 0.3) is 11.1 Å². The fraction of sp³-hybridized carbons (Fsp3) is 0.556. The van der Waals surface area contributed by atoms with Gasteiger partial charge in [-0.3, -0.25) is 0 Å². The lowest BCUT2D eigenvalue weighted by Crippen LogP contribution is -2.24. The first-order valence-corrected chi connectivity index (χ1v) is 14.1. The minimum absolute atomic E-state index is 0.344. The summed E-state index contributed by atoms with van der Waals surface area (Å²) in [5.41, 5.74) is 5.83. The van der Waals surface area contributed by atoms with Crippen molar-refractivity contribution in [3.63, 3.8) is 0 Å². The largest absolute Gasteiger partial charge is 0.673 e. The Hall–Kier alpha value is -1.35. The third-order valence-electron chi connectivity index (χ3n) is 6.47. The standard InChI is InChI=1S/C15H29P.C12H10.BF4/c1-13(2)16(14-9-5-3-6-10-14)15-11-7-4-8-12-15;1-3-7-11(8-4-1)12-9-5-2-6-10-12;2-1(3,4)5/h13-15H,3-12H2,1-2H3;1-10H;/q;;-1. The zero-order valence-corrected chi connectivity index (χ0v) is 21.0. The first-order valence-electron chi connectivity index (χ1n) is 12.5. The van der Waals surface area contributed by atoms with E-state index in [1.165, 1.54) is 49.7 Å². The summed E-state index contributed by atoms with van der Waals surface area (Å²) in [4.78, 5) is 0. The molecule has 0 unspecified atom stereocenters. The normalized spacial score (nSPS) is 17.7. The topological polar surface area (TPSA) is 0 Å². The van der Waals surface area contributed by atoms with Gasteiger partial charge in [-0.1, -0.05) is 121 Å². The minimum atomic E-state index is -6.00. The summed E-state index contributed by atoms with van der Waals surface area (Å²) in [6.45, 7) is 5.02. The molecule has 0 nitrogen and oxygen atoms in total. The van der Waals surface area contributed by atoms with Gasteiger partial charge in [-0.05, 0) is 53.8 Å². The van der Waals surface area contributed by atoms with Crippen molar-refractivity contribution in [3.05, 3.63) is 60.7 Å². The molecule has 0 N–H and O–H groups in total. The zero-order valence-electron chi connectivity index (χ0n) is 20.1. The Labute approximate surface area is 199 Å². The van der Waals surface area contributed by atoms with Crippen molar-refractivity contribution >= 4 is 15.2 Å². The average Bonchev–Trinajstić information content (AvgIpc) is 2.81. The van der Waals surface area contributed by atoms with Crippen LogP contribution in [0.4, 0.5) is 17.3 Å². The maximum Gasteiger partial charge on any atom is 0.673 e. The lowest BCUT2D eigenvalue weighted by Gasteiger charge is -2.41. The van der Waals surface area contributed by atoms with Gasteiger partial charge in [0.05, 0.1) is 0 Å². The number of halogens is 4. The molecule has 6 heteroatoms. The maximum absolute atomic E-state index is 9.75. The molecule has 0 aliphatic heterocycles. The van der Waals surface area contributed by atoms with E-state index in [1.54, 1.807) is 25.7 Å². The van der Waals surface area contributed by atoms with Gasteiger partial charge in [-0.25, -0.2) is 0 Å². The van der Waals surface area contributed by atoms with Crippen LogP contribution in [0.15, 0.2) is 60.7 Å². The van der Waals surface area contributed by atoms with Gasteiger partial charge in [-0.2, -0.15) is 0 Å². The van der Waals surface area contributed by atoms with Gasteiger partial charge in [0.2, 0.25) is 0 Å². The molecule has 0 aromatic heterocycles. The average molecular weight is 481 g/mol. The maximum atomic E-state index is 9.75. The third kappa shape index (κ3) is 11.6. The summed E-state index contributed by atoms with van der Waals surface area (Å²) in [5, 5.41) is 0. The van der Waals surface area contributed by atoms with Crippen molar-refractivity contribution in [2.24, 2.45) is 0 Å². The van der Waals surface area contributed by atoms with E-state index < -0.39 is 7.25 Å². The van der Waals surface area contributed by atoms with Crippen LogP contribution in [-0.4, -0.2) is 24.2 Å². The third-order valence-corrected chi connectivity index (χ3v) is 10.4. The molecule has 184 valence electrons. The van der Waals surface area contributed by atoms with E-state index >= 15 is 0 Å². The molecular weight excluding hydrogens is 442 g/mol. The van der Waals surface area contributed by atoms with Crippen molar-refractivity contribution in [1.82, 2.24) is 0 Å². The second-order valence-electron chi connectivity index (χ2n) is 9.35. The molecule has 2 aromatic rings. The van der Waals surface area contributed by atoms with Gasteiger partial charge in [0.15, 0.2) is 0 Å². The highest BCUT2D eigenvalue weighted by molar-refractivity contribution is 7.59. The van der Waals surface area contributed by atoms with Gasteiger partial charge in [-0.15, -0.1) is 0 Å². The smallest absolute Gasteiger partial charge is 0.418 e. The molecule has 2 saturated carbocycles. The predicted octanol–water partition coefficient (Wildman–Crippen LogP) is 10.2. The van der Waals surface area contributed by atoms with E-state index in [1.807, 2.05) is 12.1 Å². The van der Waals surface area contributed by atoms with Crippen molar-refractivity contribution < 1.29 is 17.3 Å². The number of rotatable bonds is 4. The van der Waals surface area contributed by atoms with Crippen molar-refractivity contribution in [2.45, 2.75) is 95.0 Å². The molecular formula is C27H39BF4P-. The quantitative estimate of drug-likeness (QED) is 0.232. The van der Waals surface area contributed by atoms with E-state index in [2.05, 4.69) is 62.4 Å². The molecule has 0 saturated heterocycles. The predicted molar refractivity (Wildman–Crippen MR) is 138 cm³/mol. The summed E-state index contributed by atoms with van der Waals surface area (Å²) < 4.78 is 39.0. The SMILES string of the molecule is CC(C)P(C1CCCCC1)C1CCCCC1.F[B-](F)(F)F.c1ccc(-c2ccccc2)cc1. The highest BCUT2D eigenvalue weighted by Gasteiger charge is 2.32. The number of hydrogen-bond acceptors (Lipinski definition) is 0. The highest BCUT2D eigenvalue weighted by Crippen LogP contribution is 2.58. The van der Waals surface area contributed by atoms with Gasteiger partial charge in [0, 0.05) is 0 Å². The van der Waals surface area contributed by atoms with E-state index in [-0.39, 0.29) is 0 Å². The molecule has 2 aliphatic carbocycles. The molecule has 4 rings (SSSR count). The van der Waals surface area contributed by atoms with E-state index in [4.69, 9.17) is 0 Å². The van der Waals surface area contributed by atoms with Crippen LogP contribution in [0.3, 0.4) is 0 Å². The zero-order chi connectivity index (χ0) is 24.1. The Morgan fingerprint density at radius 1 is 0.606 bits per heavy atom. The number of hydrogen-bond donors (Lipinski definition) is 0. The second kappa shape index (κ2) is 14.8. The molecule has 2 fully saturated rings. The van der Waals surface area contributed by atoms with E-state index in [0.29, 0.717) is 7.92 Å². The Bertz CT molecular complexity index is 678. The fourth-order valence-corrected chi connectivity index (χ4v) is 9.37. The van der Waals surface area contributed by atoms with Crippen LogP contribution in [0.1, 0.15) is 78.1 Å². The molecule has 0 atom stereocenters. The van der Waals surface area contributed by atoms with Crippen LogP contribution < -0.4 is 0 Å². The first kappa shape index (κ1) is 27.9. The van der Waals surface area contributed by atoms with Crippen LogP contribution in [0.5, 0.6) is 0 Å². The summed E-state index contributed by atoms with van der Waals surface area (Å²) >= 11 is 0. The molecule has 33 heavy (non-hydrogen) atoms. The molecule has 0 bridgehead atoms. The molecule has 0 spiro atoms. The lowest BCUT2D eigenvalue weighted by molar-refractivity contribution is 0.368. The van der Waals surface area contributed by atoms with Gasteiger partial charge < -0.3 is 17.3 Å². The Morgan fingerprint density at radius 3 is 1.18 bits per heavy atom. The van der Waals surface area contributed by atoms with Crippen LogP contribution in [0, 0.1) is 0 Å². The Kier molecular flexibility index (Phi) is 12.5. The van der Waals surface area contributed by atoms with Gasteiger partial charge in [0.1, 0.15) is 0 Å². The highest BCUT2D eigenvalue weighted by atomic mass is 31.1. The van der Waals surface area contributed by atoms with E-state index in [9.17, 15) is 17.3 Å². The van der Waals surface area contributed by atoms with Crippen molar-refractivity contribution in [3.8, 4) is 11.1 Å². The molecule has 2 aliphatic rings. The molecule has 0 radical (unpaired) electrons. The Morgan fingerprint density at radius 2 is 0.909 bits per heavy atom. The van der Waals surface area contributed by atoms with Crippen LogP contribution >= 0.6 is 7.92 Å². The van der Waals surface area contributed by atoms with Crippen LogP contribution in [0.2, 0.25) is 0 Å². The van der Waals surface area contributed by atoms with Gasteiger partial charge >= 0.3 is 7.25 Å². The molecule has 0 heterocycles. The second-order valence-corrected chi connectivity index (χ2v) is 12.7. The summed E-state index contributed by atoms with van der Waals surface area (Å²) in [6, 6.07) is 20.8. The summed E-state index contributed by atoms with van der Waals surface area (Å²) in [5.74, 6) is 0.